The number of anilines is 2. The van der Waals surface area contributed by atoms with Gasteiger partial charge in [-0.2, -0.15) is 13.2 Å². The van der Waals surface area contributed by atoms with E-state index in [2.05, 4.69) is 25.5 Å². The highest BCUT2D eigenvalue weighted by Gasteiger charge is 2.38. The average molecular weight is 537 g/mol. The molecule has 2 aromatic rings. The van der Waals surface area contributed by atoms with Crippen molar-refractivity contribution in [3.8, 4) is 0 Å². The van der Waals surface area contributed by atoms with Crippen molar-refractivity contribution < 1.29 is 27.2 Å². The number of nitrogens with one attached hydrogen (secondary N) is 2. The number of amides is 2. The minimum absolute atomic E-state index is 0.0115. The van der Waals surface area contributed by atoms with Crippen molar-refractivity contribution in [2.24, 2.45) is 11.8 Å². The molecule has 4 rings (SSSR count). The number of aromatic nitrogens is 2. The zero-order valence-corrected chi connectivity index (χ0v) is 21.2. The van der Waals surface area contributed by atoms with E-state index < -0.39 is 24.3 Å². The van der Waals surface area contributed by atoms with Crippen LogP contribution < -0.4 is 10.6 Å². The predicted molar refractivity (Wildman–Crippen MR) is 134 cm³/mol. The summed E-state index contributed by atoms with van der Waals surface area (Å²) >= 11 is 0. The monoisotopic (exact) mass is 536 g/mol. The Bertz CT molecular complexity index is 1120. The van der Waals surface area contributed by atoms with E-state index in [0.29, 0.717) is 43.6 Å². The maximum atomic E-state index is 13.7. The number of hydrogen-bond acceptors (Lipinski definition) is 6. The standard InChI is InChI=1S/C26H32F4N6O2/c1-35-11-13-36(14-12-35)24(38)17-5-7-19(8-6-17)33-25-32-16-21(26(28,29)30)22(34-25)15-18-3-2-4-20(18)23(37)31-10-9-27/h5-8,16,18,20H,2-4,9-15H2,1H3,(H,31,37)(H,32,33,34)/t18-,20-/m0/s1. The lowest BCUT2D eigenvalue weighted by Crippen LogP contribution is -2.47. The first-order valence-electron chi connectivity index (χ1n) is 12.8. The van der Waals surface area contributed by atoms with Gasteiger partial charge >= 0.3 is 6.18 Å². The van der Waals surface area contributed by atoms with Gasteiger partial charge in [0.15, 0.2) is 0 Å². The van der Waals surface area contributed by atoms with Gasteiger partial charge in [0, 0.05) is 56.1 Å². The highest BCUT2D eigenvalue weighted by atomic mass is 19.4. The van der Waals surface area contributed by atoms with Crippen LogP contribution in [0.4, 0.5) is 29.2 Å². The molecule has 0 spiro atoms. The van der Waals surface area contributed by atoms with E-state index in [4.69, 9.17) is 0 Å². The summed E-state index contributed by atoms with van der Waals surface area (Å²) in [5.41, 5.74) is -0.0829. The zero-order chi connectivity index (χ0) is 27.3. The van der Waals surface area contributed by atoms with Crippen molar-refractivity contribution in [3.63, 3.8) is 0 Å². The third-order valence-electron chi connectivity index (χ3n) is 7.20. The second kappa shape index (κ2) is 12.1. The number of benzene rings is 1. The molecule has 1 aliphatic carbocycles. The van der Waals surface area contributed by atoms with Gasteiger partial charge in [0.25, 0.3) is 5.91 Å². The summed E-state index contributed by atoms with van der Waals surface area (Å²) < 4.78 is 53.7. The maximum Gasteiger partial charge on any atom is 0.419 e. The molecule has 2 heterocycles. The normalized spacial score (nSPS) is 20.4. The topological polar surface area (TPSA) is 90.5 Å². The minimum atomic E-state index is -4.65. The quantitative estimate of drug-likeness (QED) is 0.501. The Morgan fingerprint density at radius 2 is 1.79 bits per heavy atom. The van der Waals surface area contributed by atoms with E-state index >= 15 is 0 Å². The SMILES string of the molecule is CN1CCN(C(=O)c2ccc(Nc3ncc(C(F)(F)F)c(C[C@@H]4CCC[C@@H]4C(=O)NCCF)n3)cc2)CC1. The number of likely N-dealkylation sites (N-methyl/N-ethyl adjacent to an activating group) is 1. The van der Waals surface area contributed by atoms with E-state index in [1.807, 2.05) is 7.05 Å². The van der Waals surface area contributed by atoms with Gasteiger partial charge < -0.3 is 20.4 Å². The molecule has 0 radical (unpaired) electrons. The average Bonchev–Trinajstić information content (AvgIpc) is 3.35. The van der Waals surface area contributed by atoms with Crippen LogP contribution in [0.1, 0.15) is 40.9 Å². The summed E-state index contributed by atoms with van der Waals surface area (Å²) in [6.45, 7) is 2.10. The molecule has 1 aromatic heterocycles. The second-order valence-electron chi connectivity index (χ2n) is 9.83. The molecule has 0 bridgehead atoms. The summed E-state index contributed by atoms with van der Waals surface area (Å²) in [7, 11) is 2.01. The van der Waals surface area contributed by atoms with E-state index in [-0.39, 0.29) is 42.3 Å². The molecule has 2 fully saturated rings. The highest BCUT2D eigenvalue weighted by molar-refractivity contribution is 5.94. The molecule has 1 saturated carbocycles. The molecule has 0 unspecified atom stereocenters. The third-order valence-corrected chi connectivity index (χ3v) is 7.20. The molecule has 206 valence electrons. The fourth-order valence-corrected chi connectivity index (χ4v) is 5.06. The molecule has 2 amide bonds. The van der Waals surface area contributed by atoms with Crippen LogP contribution in [0, 0.1) is 11.8 Å². The van der Waals surface area contributed by atoms with Crippen LogP contribution >= 0.6 is 0 Å². The summed E-state index contributed by atoms with van der Waals surface area (Å²) in [6.07, 6.45) is -2.11. The highest BCUT2D eigenvalue weighted by Crippen LogP contribution is 2.38. The van der Waals surface area contributed by atoms with Gasteiger partial charge in [-0.25, -0.2) is 14.4 Å². The van der Waals surface area contributed by atoms with Crippen LogP contribution in [0.15, 0.2) is 30.5 Å². The number of piperazine rings is 1. The molecule has 38 heavy (non-hydrogen) atoms. The van der Waals surface area contributed by atoms with Gasteiger partial charge in [-0.3, -0.25) is 9.59 Å². The first-order valence-corrected chi connectivity index (χ1v) is 12.8. The lowest BCUT2D eigenvalue weighted by molar-refractivity contribution is -0.138. The van der Waals surface area contributed by atoms with Crippen molar-refractivity contribution in [1.29, 1.82) is 0 Å². The van der Waals surface area contributed by atoms with Crippen LogP contribution in [0.2, 0.25) is 0 Å². The number of alkyl halides is 4. The molecule has 2 aliphatic rings. The second-order valence-corrected chi connectivity index (χ2v) is 9.83. The minimum Gasteiger partial charge on any atom is -0.353 e. The van der Waals surface area contributed by atoms with E-state index in [1.54, 1.807) is 29.2 Å². The van der Waals surface area contributed by atoms with E-state index in [0.717, 1.165) is 19.3 Å². The Labute approximate surface area is 218 Å². The molecular weight excluding hydrogens is 504 g/mol. The van der Waals surface area contributed by atoms with Gasteiger partial charge in [-0.15, -0.1) is 0 Å². The third kappa shape index (κ3) is 6.77. The number of hydrogen-bond donors (Lipinski definition) is 2. The number of rotatable bonds is 8. The Morgan fingerprint density at radius 1 is 1.08 bits per heavy atom. The molecule has 2 N–H and O–H groups in total. The first-order chi connectivity index (χ1) is 18.2. The van der Waals surface area contributed by atoms with Gasteiger partial charge in [-0.05, 0) is 56.5 Å². The Balaban J connectivity index is 1.48. The van der Waals surface area contributed by atoms with Crippen LogP contribution in [-0.4, -0.2) is 78.0 Å². The number of nitrogens with zero attached hydrogens (tertiary/aromatic N) is 4. The summed E-state index contributed by atoms with van der Waals surface area (Å²) in [4.78, 5) is 37.2. The summed E-state index contributed by atoms with van der Waals surface area (Å²) in [6, 6.07) is 6.64. The van der Waals surface area contributed by atoms with Crippen LogP contribution in [0.3, 0.4) is 0 Å². The molecule has 2 atom stereocenters. The number of carbonyl (C=O) groups is 2. The van der Waals surface area contributed by atoms with Crippen molar-refractivity contribution in [2.45, 2.75) is 31.9 Å². The Hall–Kier alpha value is -3.28. The van der Waals surface area contributed by atoms with Crippen LogP contribution in [0.25, 0.3) is 0 Å². The molecular formula is C26H32F4N6O2. The molecule has 1 saturated heterocycles. The van der Waals surface area contributed by atoms with Gasteiger partial charge in [0.2, 0.25) is 11.9 Å². The predicted octanol–water partition coefficient (Wildman–Crippen LogP) is 3.67. The van der Waals surface area contributed by atoms with Crippen molar-refractivity contribution in [1.82, 2.24) is 25.1 Å². The summed E-state index contributed by atoms with van der Waals surface area (Å²) in [5.74, 6) is -1.24. The molecule has 1 aromatic carbocycles. The first kappa shape index (κ1) is 27.7. The molecule has 1 aliphatic heterocycles. The van der Waals surface area contributed by atoms with E-state index in [1.165, 1.54) is 0 Å². The molecule has 12 heteroatoms. The van der Waals surface area contributed by atoms with Crippen LogP contribution in [0.5, 0.6) is 0 Å². The Morgan fingerprint density at radius 3 is 2.45 bits per heavy atom. The van der Waals surface area contributed by atoms with Crippen LogP contribution in [-0.2, 0) is 17.4 Å². The fourth-order valence-electron chi connectivity index (χ4n) is 5.06. The zero-order valence-electron chi connectivity index (χ0n) is 21.2. The lowest BCUT2D eigenvalue weighted by Gasteiger charge is -2.32. The number of carbonyl (C=O) groups excluding carboxylic acids is 2. The fraction of sp³-hybridized carbons (Fsp3) is 0.538. The van der Waals surface area contributed by atoms with Crippen molar-refractivity contribution in [2.75, 3.05) is 51.8 Å². The van der Waals surface area contributed by atoms with Gasteiger partial charge in [0.05, 0.1) is 11.3 Å². The maximum absolute atomic E-state index is 13.7. The summed E-state index contributed by atoms with van der Waals surface area (Å²) in [5, 5.41) is 5.42. The largest absolute Gasteiger partial charge is 0.419 e. The van der Waals surface area contributed by atoms with Gasteiger partial charge in [-0.1, -0.05) is 6.42 Å². The van der Waals surface area contributed by atoms with E-state index in [9.17, 15) is 27.2 Å². The van der Waals surface area contributed by atoms with Crippen molar-refractivity contribution in [3.05, 3.63) is 47.3 Å². The van der Waals surface area contributed by atoms with Gasteiger partial charge in [0.1, 0.15) is 6.67 Å². The van der Waals surface area contributed by atoms with Crippen molar-refractivity contribution >= 4 is 23.5 Å². The lowest BCUT2D eigenvalue weighted by atomic mass is 9.89. The molecule has 8 nitrogen and oxygen atoms in total. The smallest absolute Gasteiger partial charge is 0.353 e. The Kier molecular flexibility index (Phi) is 8.80. The number of halogens is 4.